The molecule has 0 N–H and O–H groups in total. The van der Waals surface area contributed by atoms with Crippen molar-refractivity contribution in [1.29, 1.82) is 0 Å². The molecular formula is C26H21Br2ClO4. The van der Waals surface area contributed by atoms with E-state index in [0.29, 0.717) is 41.4 Å². The number of carbonyl (C=O) groups excluding carboxylic acids is 2. The normalized spacial score (nSPS) is 18.8. The van der Waals surface area contributed by atoms with Crippen LogP contribution in [-0.2, 0) is 20.9 Å². The number of hydrogen-bond acceptors (Lipinski definition) is 4. The van der Waals surface area contributed by atoms with Crippen molar-refractivity contribution >= 4 is 55.0 Å². The second-order valence-electron chi connectivity index (χ2n) is 8.46. The number of benzene rings is 2. The van der Waals surface area contributed by atoms with Crippen LogP contribution in [0.1, 0.15) is 55.6 Å². The lowest BCUT2D eigenvalue weighted by molar-refractivity contribution is -0.117. The summed E-state index contributed by atoms with van der Waals surface area (Å²) in [5.74, 6) is 1.83. The quantitative estimate of drug-likeness (QED) is 0.368. The van der Waals surface area contributed by atoms with Crippen LogP contribution in [0, 0.1) is 0 Å². The van der Waals surface area contributed by atoms with Gasteiger partial charge in [-0.25, -0.2) is 0 Å². The van der Waals surface area contributed by atoms with Gasteiger partial charge in [0.15, 0.2) is 11.6 Å². The number of allylic oxidation sites excluding steroid dienone is 4. The highest BCUT2D eigenvalue weighted by atomic mass is 79.9. The number of Topliss-reactive ketones (excluding diaryl/α,β-unsaturated/α-hetero) is 2. The van der Waals surface area contributed by atoms with Crippen molar-refractivity contribution in [2.24, 2.45) is 0 Å². The summed E-state index contributed by atoms with van der Waals surface area (Å²) in [5.41, 5.74) is 3.03. The molecule has 1 heterocycles. The zero-order valence-electron chi connectivity index (χ0n) is 17.8. The predicted octanol–water partition coefficient (Wildman–Crippen LogP) is 7.57. The molecule has 2 aliphatic carbocycles. The maximum atomic E-state index is 13.0. The fraction of sp³-hybridized carbons (Fsp3) is 0.308. The molecule has 0 spiro atoms. The third kappa shape index (κ3) is 4.33. The highest BCUT2D eigenvalue weighted by molar-refractivity contribution is 9.11. The minimum absolute atomic E-state index is 0.0671. The fourth-order valence-electron chi connectivity index (χ4n) is 4.80. The molecule has 0 aromatic heterocycles. The number of rotatable bonds is 4. The zero-order valence-corrected chi connectivity index (χ0v) is 21.7. The average molecular weight is 593 g/mol. The molecule has 2 aromatic carbocycles. The van der Waals surface area contributed by atoms with E-state index in [2.05, 4.69) is 31.9 Å². The van der Waals surface area contributed by atoms with E-state index in [-0.39, 0.29) is 11.6 Å². The van der Waals surface area contributed by atoms with Crippen molar-refractivity contribution in [3.8, 4) is 5.75 Å². The van der Waals surface area contributed by atoms with Crippen LogP contribution in [0.2, 0.25) is 5.02 Å². The number of ether oxygens (including phenoxy) is 2. The lowest BCUT2D eigenvalue weighted by Crippen LogP contribution is -2.30. The number of halogens is 3. The first-order valence-electron chi connectivity index (χ1n) is 11.0. The SMILES string of the molecule is O=C1CCCC2=C1C(c1cc(Br)c(OCc3ccccc3Cl)c(Br)c1)C1=C(CCCC1=O)O2. The Kier molecular flexibility index (Phi) is 6.51. The van der Waals surface area contributed by atoms with E-state index in [4.69, 9.17) is 21.1 Å². The summed E-state index contributed by atoms with van der Waals surface area (Å²) in [5, 5.41) is 0.647. The van der Waals surface area contributed by atoms with Crippen LogP contribution in [0.3, 0.4) is 0 Å². The Labute approximate surface area is 214 Å². The average Bonchev–Trinajstić information content (AvgIpc) is 2.78. The summed E-state index contributed by atoms with van der Waals surface area (Å²) in [6.45, 7) is 0.315. The summed E-state index contributed by atoms with van der Waals surface area (Å²) in [4.78, 5) is 26.0. The van der Waals surface area contributed by atoms with Crippen molar-refractivity contribution in [3.63, 3.8) is 0 Å². The third-order valence-corrected chi connectivity index (χ3v) is 7.87. The van der Waals surface area contributed by atoms with Crippen LogP contribution in [0.15, 0.2) is 68.0 Å². The Morgan fingerprint density at radius 2 is 1.48 bits per heavy atom. The lowest BCUT2D eigenvalue weighted by atomic mass is 9.73. The molecular weight excluding hydrogens is 572 g/mol. The first-order valence-corrected chi connectivity index (χ1v) is 13.0. The molecule has 1 aliphatic heterocycles. The van der Waals surface area contributed by atoms with Gasteiger partial charge in [0.25, 0.3) is 0 Å². The summed E-state index contributed by atoms with van der Waals surface area (Å²) < 4.78 is 13.7. The van der Waals surface area contributed by atoms with E-state index in [0.717, 1.165) is 57.3 Å². The number of hydrogen-bond donors (Lipinski definition) is 0. The second kappa shape index (κ2) is 9.40. The Hall–Kier alpha value is -1.89. The Bertz CT molecular complexity index is 1170. The van der Waals surface area contributed by atoms with Gasteiger partial charge in [0.1, 0.15) is 23.9 Å². The summed E-state index contributed by atoms with van der Waals surface area (Å²) in [7, 11) is 0. The summed E-state index contributed by atoms with van der Waals surface area (Å²) in [6, 6.07) is 11.4. The number of carbonyl (C=O) groups is 2. The minimum Gasteiger partial charge on any atom is -0.486 e. The van der Waals surface area contributed by atoms with Gasteiger partial charge < -0.3 is 9.47 Å². The molecule has 4 nitrogen and oxygen atoms in total. The van der Waals surface area contributed by atoms with E-state index in [1.165, 1.54) is 0 Å². The first-order chi connectivity index (χ1) is 15.9. The number of ketones is 2. The molecule has 5 rings (SSSR count). The van der Waals surface area contributed by atoms with Crippen LogP contribution in [0.4, 0.5) is 0 Å². The summed E-state index contributed by atoms with van der Waals surface area (Å²) >= 11 is 13.5. The van der Waals surface area contributed by atoms with Crippen molar-refractivity contribution in [2.45, 2.75) is 51.0 Å². The Morgan fingerprint density at radius 3 is 2.06 bits per heavy atom. The molecule has 0 amide bonds. The van der Waals surface area contributed by atoms with Crippen LogP contribution in [-0.4, -0.2) is 11.6 Å². The van der Waals surface area contributed by atoms with Crippen LogP contribution in [0.25, 0.3) is 0 Å². The van der Waals surface area contributed by atoms with E-state index in [9.17, 15) is 9.59 Å². The minimum atomic E-state index is -0.408. The lowest BCUT2D eigenvalue weighted by Gasteiger charge is -2.36. The molecule has 3 aliphatic rings. The van der Waals surface area contributed by atoms with E-state index in [1.807, 2.05) is 36.4 Å². The Morgan fingerprint density at radius 1 is 0.909 bits per heavy atom. The molecule has 0 saturated carbocycles. The van der Waals surface area contributed by atoms with Gasteiger partial charge in [-0.2, -0.15) is 0 Å². The first kappa shape index (κ1) is 22.9. The molecule has 170 valence electrons. The highest BCUT2D eigenvalue weighted by Gasteiger charge is 2.42. The van der Waals surface area contributed by atoms with Crippen molar-refractivity contribution < 1.29 is 19.1 Å². The van der Waals surface area contributed by atoms with Gasteiger partial charge in [-0.15, -0.1) is 0 Å². The smallest absolute Gasteiger partial charge is 0.163 e. The summed E-state index contributed by atoms with van der Waals surface area (Å²) in [6.07, 6.45) is 3.98. The van der Waals surface area contributed by atoms with Crippen molar-refractivity contribution in [2.75, 3.05) is 0 Å². The van der Waals surface area contributed by atoms with Crippen molar-refractivity contribution in [1.82, 2.24) is 0 Å². The van der Waals surface area contributed by atoms with Gasteiger partial charge in [-0.1, -0.05) is 29.8 Å². The van der Waals surface area contributed by atoms with Gasteiger partial charge in [-0.05, 0) is 68.5 Å². The molecule has 0 unspecified atom stereocenters. The largest absolute Gasteiger partial charge is 0.486 e. The van der Waals surface area contributed by atoms with Gasteiger partial charge in [-0.3, -0.25) is 9.59 Å². The van der Waals surface area contributed by atoms with E-state index in [1.54, 1.807) is 0 Å². The van der Waals surface area contributed by atoms with Gasteiger partial charge in [0.2, 0.25) is 0 Å². The zero-order chi connectivity index (χ0) is 23.1. The van der Waals surface area contributed by atoms with E-state index >= 15 is 0 Å². The maximum Gasteiger partial charge on any atom is 0.163 e. The topological polar surface area (TPSA) is 52.6 Å². The van der Waals surface area contributed by atoms with Gasteiger partial charge in [0, 0.05) is 53.3 Å². The molecule has 0 radical (unpaired) electrons. The maximum absolute atomic E-state index is 13.0. The second-order valence-corrected chi connectivity index (χ2v) is 10.6. The molecule has 0 fully saturated rings. The van der Waals surface area contributed by atoms with Gasteiger partial charge >= 0.3 is 0 Å². The Balaban J connectivity index is 1.54. The molecule has 0 saturated heterocycles. The van der Waals surface area contributed by atoms with E-state index < -0.39 is 5.92 Å². The third-order valence-electron chi connectivity index (χ3n) is 6.32. The van der Waals surface area contributed by atoms with Crippen LogP contribution < -0.4 is 4.74 Å². The van der Waals surface area contributed by atoms with Crippen LogP contribution >= 0.6 is 43.5 Å². The molecule has 0 atom stereocenters. The highest BCUT2D eigenvalue weighted by Crippen LogP contribution is 2.49. The van der Waals surface area contributed by atoms with Gasteiger partial charge in [0.05, 0.1) is 8.95 Å². The molecule has 0 bridgehead atoms. The van der Waals surface area contributed by atoms with Crippen molar-refractivity contribution in [3.05, 3.63) is 84.2 Å². The molecule has 33 heavy (non-hydrogen) atoms. The predicted molar refractivity (Wildman–Crippen MR) is 133 cm³/mol. The standard InChI is InChI=1S/C26H21Br2ClO4/c27-16-11-15(12-17(28)26(16)32-13-14-5-1-2-6-18(14)29)23-24-19(30)7-3-9-21(24)33-22-10-4-8-20(31)25(22)23/h1-2,5-6,11-12,23H,3-4,7-10,13H2. The van der Waals surface area contributed by atoms with Crippen LogP contribution in [0.5, 0.6) is 5.75 Å². The molecule has 7 heteroatoms. The molecule has 2 aromatic rings. The fourth-order valence-corrected chi connectivity index (χ4v) is 6.44. The monoisotopic (exact) mass is 590 g/mol.